The van der Waals surface area contributed by atoms with Crippen molar-refractivity contribution in [2.24, 2.45) is 0 Å². The summed E-state index contributed by atoms with van der Waals surface area (Å²) in [4.78, 5) is 3.22. The maximum absolute atomic E-state index is 9.02. The fraction of sp³-hybridized carbons (Fsp3) is 0. The molecule has 2 heterocycles. The molecule has 0 saturated heterocycles. The molecule has 0 unspecified atom stereocenters. The van der Waals surface area contributed by atoms with Crippen LogP contribution in [0.4, 0.5) is 5.82 Å². The molecule has 0 aliphatic rings. The lowest BCUT2D eigenvalue weighted by molar-refractivity contribution is 1.10. The van der Waals surface area contributed by atoms with Gasteiger partial charge in [0, 0.05) is 10.9 Å². The molecule has 3 rings (SSSR count). The molecule has 0 spiro atoms. The molecule has 0 aliphatic heterocycles. The second kappa shape index (κ2) is 3.39. The van der Waals surface area contributed by atoms with Gasteiger partial charge in [0.15, 0.2) is 5.82 Å². The van der Waals surface area contributed by atoms with E-state index in [0.29, 0.717) is 11.3 Å². The Bertz CT molecular complexity index is 696. The fourth-order valence-electron chi connectivity index (χ4n) is 1.87. The van der Waals surface area contributed by atoms with E-state index in [9.17, 15) is 0 Å². The first-order valence-electron chi connectivity index (χ1n) is 5.11. The molecule has 4 N–H and O–H groups in total. The van der Waals surface area contributed by atoms with Crippen LogP contribution in [0.2, 0.25) is 0 Å². The number of nitrogens with two attached hydrogens (primary N) is 1. The molecule has 0 radical (unpaired) electrons. The normalized spacial score (nSPS) is 10.5. The standard InChI is InChI=1S/C12H9N5/c13-6-8-11(16-17-12(8)14)10-5-7-3-1-2-4-9(7)15-10/h1-5,15H,(H3,14,16,17). The number of nitrogens with zero attached hydrogens (tertiary/aromatic N) is 2. The summed E-state index contributed by atoms with van der Waals surface area (Å²) in [6.07, 6.45) is 0. The summed E-state index contributed by atoms with van der Waals surface area (Å²) >= 11 is 0. The van der Waals surface area contributed by atoms with Gasteiger partial charge in [-0.15, -0.1) is 0 Å². The molecule has 17 heavy (non-hydrogen) atoms. The monoisotopic (exact) mass is 223 g/mol. The lowest BCUT2D eigenvalue weighted by Crippen LogP contribution is -1.87. The van der Waals surface area contributed by atoms with Crippen molar-refractivity contribution in [3.05, 3.63) is 35.9 Å². The van der Waals surface area contributed by atoms with E-state index < -0.39 is 0 Å². The second-order valence-electron chi connectivity index (χ2n) is 3.74. The molecule has 3 aromatic rings. The first kappa shape index (κ1) is 9.48. The molecule has 0 fully saturated rings. The largest absolute Gasteiger partial charge is 0.381 e. The van der Waals surface area contributed by atoms with E-state index in [2.05, 4.69) is 15.2 Å². The summed E-state index contributed by atoms with van der Waals surface area (Å²) in [5.74, 6) is 0.223. The second-order valence-corrected chi connectivity index (χ2v) is 3.74. The lowest BCUT2D eigenvalue weighted by Gasteiger charge is -1.92. The number of anilines is 1. The number of aromatic amines is 2. The number of hydrogen-bond donors (Lipinski definition) is 3. The van der Waals surface area contributed by atoms with Crippen LogP contribution in [0.15, 0.2) is 30.3 Å². The van der Waals surface area contributed by atoms with Crippen molar-refractivity contribution in [3.63, 3.8) is 0 Å². The van der Waals surface area contributed by atoms with E-state index in [-0.39, 0.29) is 5.82 Å². The van der Waals surface area contributed by atoms with Crippen molar-refractivity contribution in [1.29, 1.82) is 5.26 Å². The molecular weight excluding hydrogens is 214 g/mol. The molecule has 0 atom stereocenters. The van der Waals surface area contributed by atoms with Crippen LogP contribution in [-0.2, 0) is 0 Å². The van der Waals surface area contributed by atoms with Crippen LogP contribution in [0.1, 0.15) is 5.56 Å². The van der Waals surface area contributed by atoms with Gasteiger partial charge < -0.3 is 10.7 Å². The van der Waals surface area contributed by atoms with Gasteiger partial charge in [-0.2, -0.15) is 10.4 Å². The third kappa shape index (κ3) is 1.35. The minimum Gasteiger partial charge on any atom is -0.381 e. The van der Waals surface area contributed by atoms with E-state index in [1.807, 2.05) is 36.4 Å². The Balaban J connectivity index is 2.24. The Morgan fingerprint density at radius 1 is 1.29 bits per heavy atom. The van der Waals surface area contributed by atoms with Gasteiger partial charge in [0.05, 0.1) is 5.69 Å². The maximum atomic E-state index is 9.02. The van der Waals surface area contributed by atoms with Gasteiger partial charge in [0.25, 0.3) is 0 Å². The molecule has 1 aromatic carbocycles. The van der Waals surface area contributed by atoms with Crippen LogP contribution in [0.25, 0.3) is 22.3 Å². The number of aromatic nitrogens is 3. The summed E-state index contributed by atoms with van der Waals surface area (Å²) in [5.41, 5.74) is 8.43. The first-order valence-corrected chi connectivity index (χ1v) is 5.11. The molecule has 5 nitrogen and oxygen atoms in total. The summed E-state index contributed by atoms with van der Waals surface area (Å²) in [6, 6.07) is 11.9. The van der Waals surface area contributed by atoms with Crippen molar-refractivity contribution >= 4 is 16.7 Å². The van der Waals surface area contributed by atoms with Crippen molar-refractivity contribution in [1.82, 2.24) is 15.2 Å². The molecule has 82 valence electrons. The third-order valence-corrected chi connectivity index (χ3v) is 2.71. The highest BCUT2D eigenvalue weighted by Gasteiger charge is 2.13. The van der Waals surface area contributed by atoms with Gasteiger partial charge in [0.2, 0.25) is 0 Å². The lowest BCUT2D eigenvalue weighted by atomic mass is 10.2. The van der Waals surface area contributed by atoms with Crippen LogP contribution in [0.3, 0.4) is 0 Å². The molecule has 2 aromatic heterocycles. The number of hydrogen-bond acceptors (Lipinski definition) is 3. The molecular formula is C12H9N5. The summed E-state index contributed by atoms with van der Waals surface area (Å²) in [5, 5.41) is 16.7. The van der Waals surface area contributed by atoms with Crippen LogP contribution < -0.4 is 5.73 Å². The number of nitrogen functional groups attached to an aromatic ring is 1. The van der Waals surface area contributed by atoms with E-state index in [4.69, 9.17) is 11.0 Å². The fourth-order valence-corrected chi connectivity index (χ4v) is 1.87. The predicted octanol–water partition coefficient (Wildman–Crippen LogP) is 2.01. The smallest absolute Gasteiger partial charge is 0.163 e. The molecule has 0 amide bonds. The number of benzene rings is 1. The Morgan fingerprint density at radius 2 is 2.12 bits per heavy atom. The van der Waals surface area contributed by atoms with E-state index in [0.717, 1.165) is 16.6 Å². The highest BCUT2D eigenvalue weighted by atomic mass is 15.2. The number of H-pyrrole nitrogens is 2. The van der Waals surface area contributed by atoms with Gasteiger partial charge in [-0.25, -0.2) is 0 Å². The molecule has 0 aliphatic carbocycles. The summed E-state index contributed by atoms with van der Waals surface area (Å²) < 4.78 is 0. The van der Waals surface area contributed by atoms with Crippen molar-refractivity contribution < 1.29 is 0 Å². The quantitative estimate of drug-likeness (QED) is 0.589. The Morgan fingerprint density at radius 3 is 2.88 bits per heavy atom. The number of rotatable bonds is 1. The van der Waals surface area contributed by atoms with Gasteiger partial charge in [0.1, 0.15) is 17.3 Å². The highest BCUT2D eigenvalue weighted by Crippen LogP contribution is 2.26. The van der Waals surface area contributed by atoms with Crippen molar-refractivity contribution in [2.75, 3.05) is 5.73 Å². The number of nitrogens with one attached hydrogen (secondary N) is 2. The summed E-state index contributed by atoms with van der Waals surface area (Å²) in [7, 11) is 0. The SMILES string of the molecule is N#Cc1c(N)n[nH]c1-c1cc2ccccc2[nH]1. The molecule has 5 heteroatoms. The van der Waals surface area contributed by atoms with Crippen LogP contribution >= 0.6 is 0 Å². The van der Waals surface area contributed by atoms with Crippen LogP contribution in [-0.4, -0.2) is 15.2 Å². The number of para-hydroxylation sites is 1. The zero-order chi connectivity index (χ0) is 11.8. The molecule has 0 saturated carbocycles. The minimum atomic E-state index is 0.223. The molecule has 0 bridgehead atoms. The van der Waals surface area contributed by atoms with Crippen molar-refractivity contribution in [2.45, 2.75) is 0 Å². The first-order chi connectivity index (χ1) is 8.29. The third-order valence-electron chi connectivity index (χ3n) is 2.71. The van der Waals surface area contributed by atoms with Gasteiger partial charge >= 0.3 is 0 Å². The van der Waals surface area contributed by atoms with Gasteiger partial charge in [-0.3, -0.25) is 5.10 Å². The van der Waals surface area contributed by atoms with Crippen LogP contribution in [0, 0.1) is 11.3 Å². The minimum absolute atomic E-state index is 0.223. The van der Waals surface area contributed by atoms with Gasteiger partial charge in [-0.05, 0) is 12.1 Å². The van der Waals surface area contributed by atoms with Crippen LogP contribution in [0.5, 0.6) is 0 Å². The highest BCUT2D eigenvalue weighted by molar-refractivity contribution is 5.86. The van der Waals surface area contributed by atoms with E-state index in [1.54, 1.807) is 0 Å². The Labute approximate surface area is 96.9 Å². The van der Waals surface area contributed by atoms with Gasteiger partial charge in [-0.1, -0.05) is 18.2 Å². The average Bonchev–Trinajstić information content (AvgIpc) is 2.91. The Kier molecular flexibility index (Phi) is 1.89. The zero-order valence-electron chi connectivity index (χ0n) is 8.86. The topological polar surface area (TPSA) is 94.3 Å². The van der Waals surface area contributed by atoms with Crippen molar-refractivity contribution in [3.8, 4) is 17.5 Å². The number of fused-ring (bicyclic) bond motifs is 1. The maximum Gasteiger partial charge on any atom is 0.163 e. The zero-order valence-corrected chi connectivity index (χ0v) is 8.86. The number of nitriles is 1. The van der Waals surface area contributed by atoms with E-state index >= 15 is 0 Å². The summed E-state index contributed by atoms with van der Waals surface area (Å²) in [6.45, 7) is 0. The average molecular weight is 223 g/mol. The predicted molar refractivity (Wildman–Crippen MR) is 65.0 cm³/mol. The van der Waals surface area contributed by atoms with E-state index in [1.165, 1.54) is 0 Å². The Hall–Kier alpha value is -2.74.